The standard InChI is InChI=1S/C25H27ClN4OS/c26-21-15-7-6-14-20(21)23-27-28-25(30(23)19-12-4-5-13-19)32-22(18-10-2-1-3-11-18)24(31)29-16-8-9-17-29/h1-3,6-7,10-11,14-15,19,22H,4-5,8-9,12-13,16-17H2/t22-/m1/s1. The lowest BCUT2D eigenvalue weighted by atomic mass is 10.1. The van der Waals surface area contributed by atoms with Crippen molar-refractivity contribution in [2.75, 3.05) is 13.1 Å². The van der Waals surface area contributed by atoms with Crippen molar-refractivity contribution in [1.29, 1.82) is 0 Å². The molecule has 1 aliphatic heterocycles. The number of rotatable bonds is 6. The summed E-state index contributed by atoms with van der Waals surface area (Å²) < 4.78 is 2.24. The second kappa shape index (κ2) is 9.67. The quantitative estimate of drug-likeness (QED) is 0.407. The molecular formula is C25H27ClN4OS. The van der Waals surface area contributed by atoms with Crippen molar-refractivity contribution in [3.63, 3.8) is 0 Å². The highest BCUT2D eigenvalue weighted by atomic mass is 35.5. The van der Waals surface area contributed by atoms with E-state index in [2.05, 4.69) is 14.8 Å². The van der Waals surface area contributed by atoms with E-state index in [1.165, 1.54) is 24.6 Å². The average Bonchev–Trinajstić information content (AvgIpc) is 3.60. The predicted octanol–water partition coefficient (Wildman–Crippen LogP) is 6.17. The number of halogens is 1. The summed E-state index contributed by atoms with van der Waals surface area (Å²) in [5.74, 6) is 0.962. The third-order valence-corrected chi connectivity index (χ3v) is 7.97. The molecule has 1 aromatic heterocycles. The van der Waals surface area contributed by atoms with Gasteiger partial charge in [-0.2, -0.15) is 0 Å². The van der Waals surface area contributed by atoms with Crippen LogP contribution in [0.1, 0.15) is 55.4 Å². The van der Waals surface area contributed by atoms with Crippen molar-refractivity contribution in [1.82, 2.24) is 19.7 Å². The van der Waals surface area contributed by atoms with Gasteiger partial charge in [-0.3, -0.25) is 9.36 Å². The SMILES string of the molecule is O=C([C@H](Sc1nnc(-c2ccccc2Cl)n1C1CCCC1)c1ccccc1)N1CCCC1. The van der Waals surface area contributed by atoms with E-state index in [0.29, 0.717) is 11.1 Å². The number of likely N-dealkylation sites (tertiary alicyclic amines) is 1. The minimum Gasteiger partial charge on any atom is -0.341 e. The van der Waals surface area contributed by atoms with Crippen molar-refractivity contribution in [3.05, 3.63) is 65.2 Å². The Labute approximate surface area is 198 Å². The van der Waals surface area contributed by atoms with Gasteiger partial charge in [0.1, 0.15) is 5.25 Å². The van der Waals surface area contributed by atoms with E-state index in [-0.39, 0.29) is 11.2 Å². The van der Waals surface area contributed by atoms with Crippen LogP contribution in [0.4, 0.5) is 0 Å². The zero-order valence-corrected chi connectivity index (χ0v) is 19.6. The molecule has 166 valence electrons. The molecule has 1 atom stereocenters. The number of amides is 1. The molecule has 0 unspecified atom stereocenters. The summed E-state index contributed by atoms with van der Waals surface area (Å²) in [6, 6.07) is 18.2. The Morgan fingerprint density at radius 1 is 0.938 bits per heavy atom. The highest BCUT2D eigenvalue weighted by Crippen LogP contribution is 2.42. The van der Waals surface area contributed by atoms with Crippen LogP contribution in [0.25, 0.3) is 11.4 Å². The highest BCUT2D eigenvalue weighted by Gasteiger charge is 2.33. The summed E-state index contributed by atoms with van der Waals surface area (Å²) in [6.45, 7) is 1.67. The molecule has 1 saturated carbocycles. The van der Waals surface area contributed by atoms with E-state index in [1.807, 2.05) is 59.5 Å². The van der Waals surface area contributed by atoms with Crippen LogP contribution in [0.15, 0.2) is 59.8 Å². The Kier molecular flexibility index (Phi) is 6.51. The molecule has 2 heterocycles. The van der Waals surface area contributed by atoms with Crippen LogP contribution in [0, 0.1) is 0 Å². The fourth-order valence-electron chi connectivity index (χ4n) is 4.77. The Morgan fingerprint density at radius 2 is 1.62 bits per heavy atom. The van der Waals surface area contributed by atoms with E-state index < -0.39 is 0 Å². The van der Waals surface area contributed by atoms with Gasteiger partial charge in [0.15, 0.2) is 11.0 Å². The maximum atomic E-state index is 13.5. The molecule has 1 saturated heterocycles. The maximum absolute atomic E-state index is 13.5. The molecule has 1 amide bonds. The first kappa shape index (κ1) is 21.5. The second-order valence-electron chi connectivity index (χ2n) is 8.54. The first-order valence-corrected chi connectivity index (χ1v) is 12.7. The van der Waals surface area contributed by atoms with Gasteiger partial charge in [-0.1, -0.05) is 78.7 Å². The summed E-state index contributed by atoms with van der Waals surface area (Å²) in [4.78, 5) is 15.5. The van der Waals surface area contributed by atoms with Crippen molar-refractivity contribution in [2.45, 2.75) is 55.0 Å². The fraction of sp³-hybridized carbons (Fsp3) is 0.400. The van der Waals surface area contributed by atoms with Crippen molar-refractivity contribution < 1.29 is 4.79 Å². The average molecular weight is 467 g/mol. The first-order valence-electron chi connectivity index (χ1n) is 11.4. The van der Waals surface area contributed by atoms with Crippen LogP contribution < -0.4 is 0 Å². The van der Waals surface area contributed by atoms with Crippen LogP contribution in [-0.4, -0.2) is 38.7 Å². The molecule has 0 radical (unpaired) electrons. The number of carbonyl (C=O) groups is 1. The normalized spacial score (nSPS) is 17.7. The zero-order valence-electron chi connectivity index (χ0n) is 18.0. The number of nitrogens with zero attached hydrogens (tertiary/aromatic N) is 4. The predicted molar refractivity (Wildman–Crippen MR) is 129 cm³/mol. The molecule has 5 nitrogen and oxygen atoms in total. The topological polar surface area (TPSA) is 51.0 Å². The van der Waals surface area contributed by atoms with Crippen LogP contribution in [0.2, 0.25) is 5.02 Å². The number of thioether (sulfide) groups is 1. The molecule has 2 aromatic carbocycles. The third-order valence-electron chi connectivity index (χ3n) is 6.44. The summed E-state index contributed by atoms with van der Waals surface area (Å²) >= 11 is 8.06. The minimum atomic E-state index is -0.335. The second-order valence-corrected chi connectivity index (χ2v) is 10.0. The summed E-state index contributed by atoms with van der Waals surface area (Å²) in [7, 11) is 0. The molecule has 0 N–H and O–H groups in total. The molecule has 3 aromatic rings. The van der Waals surface area contributed by atoms with Crippen molar-refractivity contribution >= 4 is 29.3 Å². The molecule has 5 rings (SSSR count). The molecular weight excluding hydrogens is 440 g/mol. The van der Waals surface area contributed by atoms with E-state index in [1.54, 1.807) is 0 Å². The monoisotopic (exact) mass is 466 g/mol. The van der Waals surface area contributed by atoms with Crippen LogP contribution in [-0.2, 0) is 4.79 Å². The number of carbonyl (C=O) groups excluding carboxylic acids is 1. The smallest absolute Gasteiger partial charge is 0.240 e. The van der Waals surface area contributed by atoms with Crippen molar-refractivity contribution in [3.8, 4) is 11.4 Å². The molecule has 0 spiro atoms. The molecule has 1 aliphatic carbocycles. The summed E-state index contributed by atoms with van der Waals surface area (Å²) in [5, 5.41) is 10.3. The summed E-state index contributed by atoms with van der Waals surface area (Å²) in [6.07, 6.45) is 6.74. The van der Waals surface area contributed by atoms with E-state index in [4.69, 9.17) is 11.6 Å². The van der Waals surface area contributed by atoms with Crippen LogP contribution in [0.5, 0.6) is 0 Å². The van der Waals surface area contributed by atoms with Gasteiger partial charge in [-0.05, 0) is 43.4 Å². The zero-order chi connectivity index (χ0) is 21.9. The van der Waals surface area contributed by atoms with Gasteiger partial charge >= 0.3 is 0 Å². The lowest BCUT2D eigenvalue weighted by Crippen LogP contribution is -2.31. The first-order chi connectivity index (χ1) is 15.7. The lowest BCUT2D eigenvalue weighted by Gasteiger charge is -2.24. The van der Waals surface area contributed by atoms with E-state index >= 15 is 0 Å². The Bertz CT molecular complexity index is 1070. The van der Waals surface area contributed by atoms with Gasteiger partial charge in [0.2, 0.25) is 5.91 Å². The van der Waals surface area contributed by atoms with E-state index in [9.17, 15) is 4.79 Å². The van der Waals surface area contributed by atoms with Crippen LogP contribution in [0.3, 0.4) is 0 Å². The van der Waals surface area contributed by atoms with Crippen molar-refractivity contribution in [2.24, 2.45) is 0 Å². The number of benzene rings is 2. The Hall–Kier alpha value is -2.31. The van der Waals surface area contributed by atoms with Gasteiger partial charge in [0.25, 0.3) is 0 Å². The Balaban J connectivity index is 1.55. The van der Waals surface area contributed by atoms with Gasteiger partial charge in [-0.25, -0.2) is 0 Å². The molecule has 2 fully saturated rings. The van der Waals surface area contributed by atoms with E-state index in [0.717, 1.165) is 60.9 Å². The van der Waals surface area contributed by atoms with Gasteiger partial charge in [0.05, 0.1) is 5.02 Å². The Morgan fingerprint density at radius 3 is 2.34 bits per heavy atom. The molecule has 2 aliphatic rings. The van der Waals surface area contributed by atoms with Gasteiger partial charge < -0.3 is 4.90 Å². The van der Waals surface area contributed by atoms with Crippen LogP contribution >= 0.6 is 23.4 Å². The minimum absolute atomic E-state index is 0.166. The highest BCUT2D eigenvalue weighted by molar-refractivity contribution is 8.00. The summed E-state index contributed by atoms with van der Waals surface area (Å²) in [5.41, 5.74) is 1.90. The number of hydrogen-bond acceptors (Lipinski definition) is 4. The van der Waals surface area contributed by atoms with Gasteiger partial charge in [0, 0.05) is 24.7 Å². The molecule has 7 heteroatoms. The third kappa shape index (κ3) is 4.30. The fourth-order valence-corrected chi connectivity index (χ4v) is 6.18. The lowest BCUT2D eigenvalue weighted by molar-refractivity contribution is -0.129. The number of aromatic nitrogens is 3. The largest absolute Gasteiger partial charge is 0.341 e. The van der Waals surface area contributed by atoms with Gasteiger partial charge in [-0.15, -0.1) is 10.2 Å². The maximum Gasteiger partial charge on any atom is 0.240 e. The number of hydrogen-bond donors (Lipinski definition) is 0. The molecule has 32 heavy (non-hydrogen) atoms. The molecule has 0 bridgehead atoms.